The molecular weight excluding hydrogens is 551 g/mol. The molecule has 0 bridgehead atoms. The lowest BCUT2D eigenvalue weighted by Crippen LogP contribution is -2.41. The van der Waals surface area contributed by atoms with Crippen molar-refractivity contribution in [3.63, 3.8) is 0 Å². The summed E-state index contributed by atoms with van der Waals surface area (Å²) in [6.45, 7) is 2.72. The van der Waals surface area contributed by atoms with Gasteiger partial charge in [0, 0.05) is 30.0 Å². The molecule has 1 fully saturated rings. The summed E-state index contributed by atoms with van der Waals surface area (Å²) < 4.78 is 7.26. The number of rotatable bonds is 6. The molecule has 4 aromatic rings. The third-order valence-electron chi connectivity index (χ3n) is 7.24. The van der Waals surface area contributed by atoms with Crippen molar-refractivity contribution in [1.29, 1.82) is 0 Å². The normalized spacial score (nSPS) is 16.6. The maximum absolute atomic E-state index is 13.0. The fourth-order valence-corrected chi connectivity index (χ4v) is 7.68. The highest BCUT2D eigenvalue weighted by molar-refractivity contribution is 7.99. The zero-order chi connectivity index (χ0) is 25.6. The first-order valence-corrected chi connectivity index (χ1v) is 14.4. The van der Waals surface area contributed by atoms with E-state index in [0.717, 1.165) is 49.5 Å². The fourth-order valence-electron chi connectivity index (χ4n) is 5.20. The summed E-state index contributed by atoms with van der Waals surface area (Å²) in [6.07, 6.45) is 9.44. The molecule has 1 aromatic carbocycles. The van der Waals surface area contributed by atoms with Gasteiger partial charge in [-0.1, -0.05) is 35.0 Å². The summed E-state index contributed by atoms with van der Waals surface area (Å²) in [7, 11) is 1.60. The minimum Gasteiger partial charge on any atom is -0.383 e. The Balaban J connectivity index is 1.14. The van der Waals surface area contributed by atoms with E-state index in [-0.39, 0.29) is 5.56 Å². The Morgan fingerprint density at radius 2 is 1.97 bits per heavy atom. The van der Waals surface area contributed by atoms with E-state index in [1.165, 1.54) is 33.2 Å². The Bertz CT molecular complexity index is 1490. The van der Waals surface area contributed by atoms with Gasteiger partial charge in [-0.05, 0) is 43.2 Å². The van der Waals surface area contributed by atoms with Gasteiger partial charge in [0.1, 0.15) is 10.8 Å². The zero-order valence-corrected chi connectivity index (χ0v) is 23.3. The largest absolute Gasteiger partial charge is 0.383 e. The van der Waals surface area contributed by atoms with E-state index in [1.54, 1.807) is 24.6 Å². The molecule has 3 aromatic heterocycles. The molecule has 1 aliphatic carbocycles. The number of benzene rings is 1. The van der Waals surface area contributed by atoms with Crippen LogP contribution in [0.2, 0.25) is 9.49 Å². The lowest BCUT2D eigenvalue weighted by Gasteiger charge is -2.39. The predicted octanol–water partition coefficient (Wildman–Crippen LogP) is 5.13. The first-order valence-electron chi connectivity index (χ1n) is 12.0. The minimum atomic E-state index is -0.185. The fraction of sp³-hybridized carbons (Fsp3) is 0.400. The molecule has 0 N–H and O–H groups in total. The summed E-state index contributed by atoms with van der Waals surface area (Å²) >= 11 is 15.8. The summed E-state index contributed by atoms with van der Waals surface area (Å²) in [5.74, 6) is 0.878. The molecule has 0 saturated carbocycles. The third kappa shape index (κ3) is 4.85. The number of anilines is 1. The van der Waals surface area contributed by atoms with Crippen LogP contribution in [0.25, 0.3) is 10.9 Å². The molecule has 0 radical (unpaired) electrons. The number of piperidine rings is 1. The number of halogens is 2. The number of nitrogens with zero attached hydrogens (tertiary/aromatic N) is 6. The first-order chi connectivity index (χ1) is 17.9. The number of fused-ring (bicyclic) bond motifs is 2. The number of hydrogen-bond acceptors (Lipinski definition) is 9. The zero-order valence-electron chi connectivity index (χ0n) is 20.1. The van der Waals surface area contributed by atoms with Crippen LogP contribution >= 0.6 is 46.3 Å². The summed E-state index contributed by atoms with van der Waals surface area (Å²) in [6, 6.07) is 3.67. The van der Waals surface area contributed by atoms with Crippen molar-refractivity contribution in [3.05, 3.63) is 61.3 Å². The van der Waals surface area contributed by atoms with Crippen LogP contribution < -0.4 is 10.5 Å². The van der Waals surface area contributed by atoms with Crippen LogP contribution in [0.3, 0.4) is 0 Å². The smallest absolute Gasteiger partial charge is 0.262 e. The summed E-state index contributed by atoms with van der Waals surface area (Å²) in [5.41, 5.74) is 1.88. The lowest BCUT2D eigenvalue weighted by atomic mass is 9.76. The van der Waals surface area contributed by atoms with Crippen LogP contribution in [0.4, 0.5) is 5.82 Å². The van der Waals surface area contributed by atoms with Crippen LogP contribution in [0.15, 0.2) is 45.6 Å². The van der Waals surface area contributed by atoms with Gasteiger partial charge in [-0.15, -0.1) is 11.3 Å². The molecule has 8 nitrogen and oxygen atoms in total. The number of hydrogen-bond donors (Lipinski definition) is 0. The van der Waals surface area contributed by atoms with Crippen molar-refractivity contribution < 1.29 is 4.74 Å². The SMILES string of the molecule is COCCn1cnc2ccc(Sc3cnc(N4CCC5(CC4)Cc4nc(Cl)sc4C5)cn3)c(Cl)c2c1=O. The van der Waals surface area contributed by atoms with Gasteiger partial charge < -0.3 is 9.64 Å². The molecule has 192 valence electrons. The van der Waals surface area contributed by atoms with Crippen LogP contribution in [0.5, 0.6) is 0 Å². The molecule has 4 heterocycles. The van der Waals surface area contributed by atoms with Gasteiger partial charge in [0.2, 0.25) is 0 Å². The molecule has 0 unspecified atom stereocenters. The molecule has 0 atom stereocenters. The van der Waals surface area contributed by atoms with E-state index in [1.807, 2.05) is 18.3 Å². The second kappa shape index (κ2) is 10.1. The number of methoxy groups -OCH3 is 1. The van der Waals surface area contributed by atoms with Crippen molar-refractivity contribution in [2.45, 2.75) is 42.1 Å². The molecule has 0 amide bonds. The maximum atomic E-state index is 13.0. The highest BCUT2D eigenvalue weighted by Gasteiger charge is 2.42. The van der Waals surface area contributed by atoms with Gasteiger partial charge in [0.15, 0.2) is 4.47 Å². The Hall–Kier alpha value is -2.24. The van der Waals surface area contributed by atoms with Crippen LogP contribution in [-0.4, -0.2) is 51.3 Å². The highest BCUT2D eigenvalue weighted by Crippen LogP contribution is 2.47. The molecule has 37 heavy (non-hydrogen) atoms. The van der Waals surface area contributed by atoms with Gasteiger partial charge in [0.05, 0.1) is 53.5 Å². The molecule has 2 aliphatic rings. The van der Waals surface area contributed by atoms with E-state index < -0.39 is 0 Å². The Morgan fingerprint density at radius 1 is 1.14 bits per heavy atom. The third-order valence-corrected chi connectivity index (χ3v) is 9.93. The monoisotopic (exact) mass is 574 g/mol. The van der Waals surface area contributed by atoms with Crippen LogP contribution in [-0.2, 0) is 24.1 Å². The molecule has 1 saturated heterocycles. The highest BCUT2D eigenvalue weighted by atomic mass is 35.5. The Labute approximate surface area is 232 Å². The van der Waals surface area contributed by atoms with E-state index >= 15 is 0 Å². The van der Waals surface area contributed by atoms with Gasteiger partial charge in [-0.3, -0.25) is 9.36 Å². The van der Waals surface area contributed by atoms with Gasteiger partial charge in [0.25, 0.3) is 5.56 Å². The second-order valence-corrected chi connectivity index (χ2v) is 12.6. The average molecular weight is 576 g/mol. The Kier molecular flexibility index (Phi) is 6.87. The van der Waals surface area contributed by atoms with Gasteiger partial charge >= 0.3 is 0 Å². The topological polar surface area (TPSA) is 86.0 Å². The predicted molar refractivity (Wildman–Crippen MR) is 147 cm³/mol. The second-order valence-electron chi connectivity index (χ2n) is 9.50. The minimum absolute atomic E-state index is 0.185. The van der Waals surface area contributed by atoms with Crippen LogP contribution in [0.1, 0.15) is 23.4 Å². The van der Waals surface area contributed by atoms with Gasteiger partial charge in [-0.2, -0.15) is 0 Å². The Morgan fingerprint density at radius 3 is 2.70 bits per heavy atom. The average Bonchev–Trinajstić information content (AvgIpc) is 3.39. The number of thiazole rings is 1. The number of ether oxygens (including phenoxy) is 1. The maximum Gasteiger partial charge on any atom is 0.262 e. The van der Waals surface area contributed by atoms with Crippen molar-refractivity contribution >= 4 is 63.0 Å². The molecule has 1 aliphatic heterocycles. The quantitative estimate of drug-likeness (QED) is 0.313. The van der Waals surface area contributed by atoms with E-state index in [9.17, 15) is 4.79 Å². The van der Waals surface area contributed by atoms with Crippen molar-refractivity contribution in [1.82, 2.24) is 24.5 Å². The lowest BCUT2D eigenvalue weighted by molar-refractivity contribution is 0.186. The molecule has 1 spiro atoms. The number of aromatic nitrogens is 5. The van der Waals surface area contributed by atoms with E-state index in [2.05, 4.69) is 19.9 Å². The first kappa shape index (κ1) is 25.1. The summed E-state index contributed by atoms with van der Waals surface area (Å²) in [4.78, 5) is 35.6. The molecule has 6 rings (SSSR count). The van der Waals surface area contributed by atoms with E-state index in [4.69, 9.17) is 32.9 Å². The van der Waals surface area contributed by atoms with Crippen molar-refractivity contribution in [2.75, 3.05) is 31.7 Å². The molecular formula is C25H24Cl2N6O2S2. The van der Waals surface area contributed by atoms with Crippen LogP contribution in [0, 0.1) is 5.41 Å². The van der Waals surface area contributed by atoms with Crippen molar-refractivity contribution in [2.24, 2.45) is 5.41 Å². The van der Waals surface area contributed by atoms with Crippen molar-refractivity contribution in [3.8, 4) is 0 Å². The summed E-state index contributed by atoms with van der Waals surface area (Å²) in [5, 5.41) is 1.49. The standard InChI is InChI=1S/C25H24Cl2N6O2S2/c1-35-9-8-33-14-30-15-2-3-17(22(26)21(15)23(33)34)36-20-13-28-19(12-29-20)32-6-4-25(5-7-32)10-16-18(11-25)37-24(27)31-16/h2-3,12-14H,4-11H2,1H3. The molecule has 12 heteroatoms. The van der Waals surface area contributed by atoms with E-state index in [0.29, 0.717) is 44.0 Å². The van der Waals surface area contributed by atoms with Gasteiger partial charge in [-0.25, -0.2) is 19.9 Å².